The second-order valence-corrected chi connectivity index (χ2v) is 4.46. The Hall–Kier alpha value is -0.340. The number of hydrogen-bond donors (Lipinski definition) is 0. The van der Waals surface area contributed by atoms with Crippen LogP contribution < -0.4 is 0 Å². The van der Waals surface area contributed by atoms with E-state index in [4.69, 9.17) is 4.74 Å². The van der Waals surface area contributed by atoms with E-state index < -0.39 is 0 Å². The van der Waals surface area contributed by atoms with Crippen LogP contribution in [0, 0.1) is 5.92 Å². The molecular weight excluding hydrogens is 252 g/mol. The highest BCUT2D eigenvalue weighted by Crippen LogP contribution is 2.18. The number of benzene rings is 1. The van der Waals surface area contributed by atoms with Crippen molar-refractivity contribution in [1.29, 1.82) is 0 Å². The third-order valence-corrected chi connectivity index (χ3v) is 3.56. The number of hydrogen-bond acceptors (Lipinski definition) is 1. The van der Waals surface area contributed by atoms with Crippen LogP contribution in [0.3, 0.4) is 0 Å². The first-order valence-corrected chi connectivity index (χ1v) is 6.62. The highest BCUT2D eigenvalue weighted by Gasteiger charge is 2.09. The maximum Gasteiger partial charge on any atom is 0.0796 e. The molecule has 0 bridgehead atoms. The minimum absolute atomic E-state index is 0.194. The molecule has 84 valence electrons. The van der Waals surface area contributed by atoms with Crippen LogP contribution in [0.25, 0.3) is 0 Å². The Morgan fingerprint density at radius 3 is 2.47 bits per heavy atom. The van der Waals surface area contributed by atoms with Crippen LogP contribution in [-0.2, 0) is 4.74 Å². The Morgan fingerprint density at radius 1 is 1.27 bits per heavy atom. The molecule has 0 aliphatic heterocycles. The Balaban J connectivity index is 2.39. The van der Waals surface area contributed by atoms with Crippen molar-refractivity contribution in [2.24, 2.45) is 5.92 Å². The fourth-order valence-electron chi connectivity index (χ4n) is 1.37. The van der Waals surface area contributed by atoms with Crippen molar-refractivity contribution in [1.82, 2.24) is 0 Å². The summed E-state index contributed by atoms with van der Waals surface area (Å²) in [4.78, 5) is 0. The molecule has 1 aromatic carbocycles. The average molecular weight is 271 g/mol. The van der Waals surface area contributed by atoms with Gasteiger partial charge < -0.3 is 4.74 Å². The molecule has 0 heterocycles. The normalized spacial score (nSPS) is 14.9. The largest absolute Gasteiger partial charge is 0.374 e. The Morgan fingerprint density at radius 2 is 1.93 bits per heavy atom. The molecule has 2 atom stereocenters. The van der Waals surface area contributed by atoms with E-state index in [0.717, 1.165) is 18.4 Å². The van der Waals surface area contributed by atoms with Gasteiger partial charge in [0, 0.05) is 5.33 Å². The number of rotatable bonds is 6. The second kappa shape index (κ2) is 7.02. The lowest BCUT2D eigenvalue weighted by Crippen LogP contribution is -2.12. The maximum atomic E-state index is 5.84. The molecule has 0 aliphatic rings. The fourth-order valence-corrected chi connectivity index (χ4v) is 2.02. The molecule has 2 unspecified atom stereocenters. The van der Waals surface area contributed by atoms with Crippen molar-refractivity contribution >= 4 is 15.9 Å². The molecule has 0 saturated carbocycles. The molecule has 0 fully saturated rings. The quantitative estimate of drug-likeness (QED) is 0.705. The van der Waals surface area contributed by atoms with Gasteiger partial charge in [-0.15, -0.1) is 0 Å². The SMILES string of the molecule is CCC(CBr)COC(C)c1ccccc1. The van der Waals surface area contributed by atoms with E-state index in [1.54, 1.807) is 0 Å². The van der Waals surface area contributed by atoms with Gasteiger partial charge in [0.1, 0.15) is 0 Å². The van der Waals surface area contributed by atoms with E-state index >= 15 is 0 Å². The molecule has 0 spiro atoms. The molecule has 0 N–H and O–H groups in total. The van der Waals surface area contributed by atoms with Gasteiger partial charge in [-0.2, -0.15) is 0 Å². The summed E-state index contributed by atoms with van der Waals surface area (Å²) < 4.78 is 5.84. The lowest BCUT2D eigenvalue weighted by molar-refractivity contribution is 0.0437. The van der Waals surface area contributed by atoms with E-state index in [0.29, 0.717) is 5.92 Å². The van der Waals surface area contributed by atoms with E-state index in [1.165, 1.54) is 5.56 Å². The van der Waals surface area contributed by atoms with E-state index in [9.17, 15) is 0 Å². The lowest BCUT2D eigenvalue weighted by Gasteiger charge is -2.17. The van der Waals surface area contributed by atoms with Crippen molar-refractivity contribution in [2.75, 3.05) is 11.9 Å². The predicted octanol–water partition coefficient (Wildman–Crippen LogP) is 4.19. The topological polar surface area (TPSA) is 9.23 Å². The van der Waals surface area contributed by atoms with Crippen molar-refractivity contribution in [3.63, 3.8) is 0 Å². The molecule has 2 heteroatoms. The zero-order valence-corrected chi connectivity index (χ0v) is 11.0. The fraction of sp³-hybridized carbons (Fsp3) is 0.538. The minimum atomic E-state index is 0.194. The van der Waals surface area contributed by atoms with Gasteiger partial charge in [0.15, 0.2) is 0 Å². The van der Waals surface area contributed by atoms with Crippen LogP contribution in [0.2, 0.25) is 0 Å². The zero-order valence-electron chi connectivity index (χ0n) is 9.45. The molecule has 0 amide bonds. The summed E-state index contributed by atoms with van der Waals surface area (Å²) in [6, 6.07) is 10.4. The van der Waals surface area contributed by atoms with Crippen LogP contribution in [-0.4, -0.2) is 11.9 Å². The lowest BCUT2D eigenvalue weighted by atomic mass is 10.1. The summed E-state index contributed by atoms with van der Waals surface area (Å²) in [7, 11) is 0. The highest BCUT2D eigenvalue weighted by atomic mass is 79.9. The van der Waals surface area contributed by atoms with Gasteiger partial charge in [0.2, 0.25) is 0 Å². The summed E-state index contributed by atoms with van der Waals surface area (Å²) in [5, 5.41) is 1.02. The monoisotopic (exact) mass is 270 g/mol. The molecule has 1 nitrogen and oxygen atoms in total. The van der Waals surface area contributed by atoms with Crippen molar-refractivity contribution < 1.29 is 4.74 Å². The Bertz CT molecular complexity index is 256. The van der Waals surface area contributed by atoms with Crippen LogP contribution >= 0.6 is 15.9 Å². The Kier molecular flexibility index (Phi) is 5.96. The number of alkyl halides is 1. The number of halogens is 1. The second-order valence-electron chi connectivity index (χ2n) is 3.81. The van der Waals surface area contributed by atoms with Gasteiger partial charge in [0.25, 0.3) is 0 Å². The van der Waals surface area contributed by atoms with Crippen LogP contribution in [0.1, 0.15) is 31.9 Å². The van der Waals surface area contributed by atoms with Gasteiger partial charge in [0.05, 0.1) is 12.7 Å². The summed E-state index contributed by atoms with van der Waals surface area (Å²) in [5.41, 5.74) is 1.25. The first kappa shape index (κ1) is 12.7. The molecule has 0 aliphatic carbocycles. The minimum Gasteiger partial charge on any atom is -0.374 e. The summed E-state index contributed by atoms with van der Waals surface area (Å²) in [6.07, 6.45) is 1.35. The summed E-state index contributed by atoms with van der Waals surface area (Å²) in [6.45, 7) is 5.14. The van der Waals surface area contributed by atoms with Gasteiger partial charge in [-0.3, -0.25) is 0 Å². The van der Waals surface area contributed by atoms with Gasteiger partial charge in [-0.25, -0.2) is 0 Å². The first-order valence-electron chi connectivity index (χ1n) is 5.50. The average Bonchev–Trinajstić information content (AvgIpc) is 2.31. The third kappa shape index (κ3) is 4.35. The predicted molar refractivity (Wildman–Crippen MR) is 68.4 cm³/mol. The van der Waals surface area contributed by atoms with Crippen LogP contribution in [0.5, 0.6) is 0 Å². The van der Waals surface area contributed by atoms with Crippen molar-refractivity contribution in [2.45, 2.75) is 26.4 Å². The molecular formula is C13H19BrO. The van der Waals surface area contributed by atoms with E-state index in [1.807, 2.05) is 6.07 Å². The Labute approximate surface area is 101 Å². The van der Waals surface area contributed by atoms with Crippen molar-refractivity contribution in [3.8, 4) is 0 Å². The molecule has 15 heavy (non-hydrogen) atoms. The number of ether oxygens (including phenoxy) is 1. The molecule has 1 rings (SSSR count). The highest BCUT2D eigenvalue weighted by molar-refractivity contribution is 9.09. The third-order valence-electron chi connectivity index (χ3n) is 2.65. The molecule has 0 saturated heterocycles. The summed E-state index contributed by atoms with van der Waals surface area (Å²) in [5.74, 6) is 0.621. The van der Waals surface area contributed by atoms with Crippen LogP contribution in [0.4, 0.5) is 0 Å². The smallest absolute Gasteiger partial charge is 0.0796 e. The maximum absolute atomic E-state index is 5.84. The zero-order chi connectivity index (χ0) is 11.1. The van der Waals surface area contributed by atoms with Gasteiger partial charge in [-0.05, 0) is 18.4 Å². The molecule has 0 radical (unpaired) electrons. The standard InChI is InChI=1S/C13H19BrO/c1-3-12(9-14)10-15-11(2)13-7-5-4-6-8-13/h4-8,11-12H,3,9-10H2,1-2H3. The summed E-state index contributed by atoms with van der Waals surface area (Å²) >= 11 is 3.50. The molecule has 1 aromatic rings. The first-order chi connectivity index (χ1) is 7.27. The van der Waals surface area contributed by atoms with E-state index in [-0.39, 0.29) is 6.10 Å². The van der Waals surface area contributed by atoms with Crippen molar-refractivity contribution in [3.05, 3.63) is 35.9 Å². The van der Waals surface area contributed by atoms with Gasteiger partial charge >= 0.3 is 0 Å². The molecule has 0 aromatic heterocycles. The van der Waals surface area contributed by atoms with Gasteiger partial charge in [-0.1, -0.05) is 59.6 Å². The van der Waals surface area contributed by atoms with Crippen LogP contribution in [0.15, 0.2) is 30.3 Å². The van der Waals surface area contributed by atoms with E-state index in [2.05, 4.69) is 54.0 Å².